The lowest BCUT2D eigenvalue weighted by Crippen LogP contribution is -2.47. The minimum absolute atomic E-state index is 0.0531. The van der Waals surface area contributed by atoms with E-state index in [4.69, 9.17) is 4.74 Å². The molecule has 1 unspecified atom stereocenters. The van der Waals surface area contributed by atoms with Gasteiger partial charge in [0, 0.05) is 19.0 Å². The highest BCUT2D eigenvalue weighted by molar-refractivity contribution is 5.88. The molecular weight excluding hydrogens is 364 g/mol. The highest BCUT2D eigenvalue weighted by Gasteiger charge is 2.34. The molecule has 1 heterocycles. The van der Waals surface area contributed by atoms with Crippen molar-refractivity contribution < 1.29 is 14.3 Å². The maximum atomic E-state index is 12.7. The summed E-state index contributed by atoms with van der Waals surface area (Å²) in [5.74, 6) is -0.111. The predicted octanol–water partition coefficient (Wildman–Crippen LogP) is 3.67. The molecule has 0 aromatic heterocycles. The second-order valence-corrected chi connectivity index (χ2v) is 7.81. The number of likely N-dealkylation sites (tertiary alicyclic amines) is 1. The molecule has 29 heavy (non-hydrogen) atoms. The van der Waals surface area contributed by atoms with Gasteiger partial charge in [0.05, 0.1) is 13.2 Å². The van der Waals surface area contributed by atoms with Gasteiger partial charge in [-0.1, -0.05) is 68.4 Å². The zero-order valence-electron chi connectivity index (χ0n) is 17.3. The summed E-state index contributed by atoms with van der Waals surface area (Å²) >= 11 is 0. The fourth-order valence-corrected chi connectivity index (χ4v) is 3.66. The van der Waals surface area contributed by atoms with Crippen LogP contribution >= 0.6 is 0 Å². The summed E-state index contributed by atoms with van der Waals surface area (Å²) in [4.78, 5) is 26.8. The SMILES string of the molecule is CC(C)C(=O)N1CCCC1C(=O)NCc1ccccc1COCc1ccccc1. The van der Waals surface area contributed by atoms with Crippen molar-refractivity contribution in [3.8, 4) is 0 Å². The Balaban J connectivity index is 1.55. The Bertz CT molecular complexity index is 820. The number of hydrogen-bond acceptors (Lipinski definition) is 3. The molecule has 2 aromatic carbocycles. The van der Waals surface area contributed by atoms with Crippen molar-refractivity contribution in [2.24, 2.45) is 5.92 Å². The summed E-state index contributed by atoms with van der Waals surface area (Å²) in [6.07, 6.45) is 1.60. The standard InChI is InChI=1S/C24H30N2O3/c1-18(2)24(28)26-14-8-13-22(26)23(27)25-15-20-11-6-7-12-21(20)17-29-16-19-9-4-3-5-10-19/h3-7,9-12,18,22H,8,13-17H2,1-2H3,(H,25,27). The van der Waals surface area contributed by atoms with Gasteiger partial charge in [-0.05, 0) is 29.5 Å². The topological polar surface area (TPSA) is 58.6 Å². The molecular formula is C24H30N2O3. The molecule has 1 saturated heterocycles. The fourth-order valence-electron chi connectivity index (χ4n) is 3.66. The first-order valence-electron chi connectivity index (χ1n) is 10.3. The number of benzene rings is 2. The van der Waals surface area contributed by atoms with Crippen molar-refractivity contribution in [3.05, 3.63) is 71.3 Å². The lowest BCUT2D eigenvalue weighted by molar-refractivity contribution is -0.140. The number of rotatable bonds is 8. The Hall–Kier alpha value is -2.66. The van der Waals surface area contributed by atoms with Gasteiger partial charge < -0.3 is 15.0 Å². The van der Waals surface area contributed by atoms with Crippen LogP contribution in [0.1, 0.15) is 43.4 Å². The van der Waals surface area contributed by atoms with Crippen LogP contribution in [0.5, 0.6) is 0 Å². The van der Waals surface area contributed by atoms with Crippen LogP contribution in [0.25, 0.3) is 0 Å². The molecule has 0 aliphatic carbocycles. The number of hydrogen-bond donors (Lipinski definition) is 1. The Morgan fingerprint density at radius 2 is 1.72 bits per heavy atom. The zero-order chi connectivity index (χ0) is 20.6. The van der Waals surface area contributed by atoms with E-state index >= 15 is 0 Å². The lowest BCUT2D eigenvalue weighted by Gasteiger charge is -2.25. The van der Waals surface area contributed by atoms with Gasteiger partial charge in [0.2, 0.25) is 11.8 Å². The molecule has 1 aliphatic heterocycles. The molecule has 1 N–H and O–H groups in total. The van der Waals surface area contributed by atoms with Gasteiger partial charge in [0.25, 0.3) is 0 Å². The first-order valence-corrected chi connectivity index (χ1v) is 10.3. The maximum Gasteiger partial charge on any atom is 0.243 e. The molecule has 0 saturated carbocycles. The number of ether oxygens (including phenoxy) is 1. The molecule has 1 aliphatic rings. The van der Waals surface area contributed by atoms with E-state index in [9.17, 15) is 9.59 Å². The third kappa shape index (κ3) is 5.67. The third-order valence-corrected chi connectivity index (χ3v) is 5.27. The van der Waals surface area contributed by atoms with Crippen LogP contribution in [0.15, 0.2) is 54.6 Å². The quantitative estimate of drug-likeness (QED) is 0.743. The second kappa shape index (κ2) is 10.2. The van der Waals surface area contributed by atoms with Crippen LogP contribution in [-0.2, 0) is 34.1 Å². The zero-order valence-corrected chi connectivity index (χ0v) is 17.3. The number of amides is 2. The second-order valence-electron chi connectivity index (χ2n) is 7.81. The Kier molecular flexibility index (Phi) is 7.42. The van der Waals surface area contributed by atoms with Crippen LogP contribution in [0.2, 0.25) is 0 Å². The average molecular weight is 395 g/mol. The monoisotopic (exact) mass is 394 g/mol. The van der Waals surface area contributed by atoms with Crippen molar-refractivity contribution in [3.63, 3.8) is 0 Å². The molecule has 0 radical (unpaired) electrons. The van der Waals surface area contributed by atoms with Gasteiger partial charge in [-0.2, -0.15) is 0 Å². The fraction of sp³-hybridized carbons (Fsp3) is 0.417. The normalized spacial score (nSPS) is 16.2. The van der Waals surface area contributed by atoms with Gasteiger partial charge >= 0.3 is 0 Å². The van der Waals surface area contributed by atoms with Crippen molar-refractivity contribution in [2.45, 2.75) is 52.5 Å². The van der Waals surface area contributed by atoms with Crippen LogP contribution in [0.4, 0.5) is 0 Å². The minimum Gasteiger partial charge on any atom is -0.372 e. The molecule has 5 nitrogen and oxygen atoms in total. The average Bonchev–Trinajstić information content (AvgIpc) is 3.23. The summed E-state index contributed by atoms with van der Waals surface area (Å²) in [6, 6.07) is 17.7. The predicted molar refractivity (Wildman–Crippen MR) is 113 cm³/mol. The highest BCUT2D eigenvalue weighted by Crippen LogP contribution is 2.20. The van der Waals surface area contributed by atoms with E-state index in [0.717, 1.165) is 29.5 Å². The first-order chi connectivity index (χ1) is 14.1. The summed E-state index contributed by atoms with van der Waals surface area (Å²) in [5.41, 5.74) is 3.23. The molecule has 154 valence electrons. The van der Waals surface area contributed by atoms with Crippen LogP contribution in [0, 0.1) is 5.92 Å². The highest BCUT2D eigenvalue weighted by atomic mass is 16.5. The van der Waals surface area contributed by atoms with E-state index < -0.39 is 0 Å². The summed E-state index contributed by atoms with van der Waals surface area (Å²) < 4.78 is 5.86. The van der Waals surface area contributed by atoms with E-state index in [2.05, 4.69) is 5.32 Å². The lowest BCUT2D eigenvalue weighted by atomic mass is 10.1. The maximum absolute atomic E-state index is 12.7. The van der Waals surface area contributed by atoms with E-state index in [0.29, 0.717) is 26.3 Å². The number of nitrogens with zero attached hydrogens (tertiary/aromatic N) is 1. The van der Waals surface area contributed by atoms with Gasteiger partial charge in [0.15, 0.2) is 0 Å². The molecule has 3 rings (SSSR count). The summed E-state index contributed by atoms with van der Waals surface area (Å²) in [7, 11) is 0. The van der Waals surface area contributed by atoms with Crippen LogP contribution in [0.3, 0.4) is 0 Å². The van der Waals surface area contributed by atoms with Crippen molar-refractivity contribution >= 4 is 11.8 Å². The van der Waals surface area contributed by atoms with Crippen molar-refractivity contribution in [1.82, 2.24) is 10.2 Å². The number of carbonyl (C=O) groups excluding carboxylic acids is 2. The van der Waals surface area contributed by atoms with Crippen molar-refractivity contribution in [1.29, 1.82) is 0 Å². The summed E-state index contributed by atoms with van der Waals surface area (Å²) in [5, 5.41) is 3.02. The molecule has 0 bridgehead atoms. The number of carbonyl (C=O) groups is 2. The Labute approximate surface area is 173 Å². The van der Waals surface area contributed by atoms with Crippen LogP contribution in [-0.4, -0.2) is 29.3 Å². The Morgan fingerprint density at radius 1 is 1.03 bits per heavy atom. The van der Waals surface area contributed by atoms with Gasteiger partial charge in [-0.3, -0.25) is 9.59 Å². The minimum atomic E-state index is -0.355. The van der Waals surface area contributed by atoms with Crippen molar-refractivity contribution in [2.75, 3.05) is 6.54 Å². The molecule has 1 atom stereocenters. The smallest absolute Gasteiger partial charge is 0.243 e. The molecule has 2 amide bonds. The van der Waals surface area contributed by atoms with Crippen LogP contribution < -0.4 is 5.32 Å². The largest absolute Gasteiger partial charge is 0.372 e. The van der Waals surface area contributed by atoms with E-state index in [-0.39, 0.29) is 23.8 Å². The molecule has 1 fully saturated rings. The first kappa shape index (κ1) is 21.1. The summed E-state index contributed by atoms with van der Waals surface area (Å²) in [6.45, 7) is 5.89. The van der Waals surface area contributed by atoms with E-state index in [1.165, 1.54) is 0 Å². The number of nitrogens with one attached hydrogen (secondary N) is 1. The molecule has 5 heteroatoms. The molecule has 0 spiro atoms. The van der Waals surface area contributed by atoms with Gasteiger partial charge in [0.1, 0.15) is 6.04 Å². The Morgan fingerprint density at radius 3 is 2.45 bits per heavy atom. The third-order valence-electron chi connectivity index (χ3n) is 5.27. The molecule has 2 aromatic rings. The van der Waals surface area contributed by atoms with Gasteiger partial charge in [-0.15, -0.1) is 0 Å². The van der Waals surface area contributed by atoms with E-state index in [1.807, 2.05) is 68.4 Å². The van der Waals surface area contributed by atoms with E-state index in [1.54, 1.807) is 4.90 Å². The van der Waals surface area contributed by atoms with Gasteiger partial charge in [-0.25, -0.2) is 0 Å².